The van der Waals surface area contributed by atoms with E-state index in [9.17, 15) is 4.79 Å². The van der Waals surface area contributed by atoms with E-state index in [2.05, 4.69) is 16.8 Å². The maximum Gasteiger partial charge on any atom is 0.273 e. The minimum absolute atomic E-state index is 0.244. The van der Waals surface area contributed by atoms with Gasteiger partial charge in [0.2, 0.25) is 5.91 Å². The number of aromatic nitrogens is 1. The highest BCUT2D eigenvalue weighted by molar-refractivity contribution is 7.11. The van der Waals surface area contributed by atoms with Crippen LogP contribution in [-0.2, 0) is 4.79 Å². The quantitative estimate of drug-likeness (QED) is 0.852. The van der Waals surface area contributed by atoms with Crippen molar-refractivity contribution in [2.75, 3.05) is 32.7 Å². The van der Waals surface area contributed by atoms with Crippen LogP contribution in [0.2, 0.25) is 0 Å². The van der Waals surface area contributed by atoms with Crippen molar-refractivity contribution in [3.63, 3.8) is 0 Å². The van der Waals surface area contributed by atoms with Crippen molar-refractivity contribution in [2.45, 2.75) is 38.7 Å². The first kappa shape index (κ1) is 15.7. The molecule has 0 atom stereocenters. The first-order valence-electron chi connectivity index (χ1n) is 8.27. The summed E-state index contributed by atoms with van der Waals surface area (Å²) in [5.41, 5.74) is 0. The highest BCUT2D eigenvalue weighted by Crippen LogP contribution is 2.21. The minimum atomic E-state index is 0.244. The molecule has 22 heavy (non-hydrogen) atoms. The van der Waals surface area contributed by atoms with E-state index in [1.54, 1.807) is 6.20 Å². The summed E-state index contributed by atoms with van der Waals surface area (Å²) in [4.78, 5) is 20.8. The Morgan fingerprint density at radius 3 is 2.64 bits per heavy atom. The van der Waals surface area contributed by atoms with E-state index in [4.69, 9.17) is 4.74 Å². The maximum atomic E-state index is 12.4. The zero-order valence-corrected chi connectivity index (χ0v) is 14.1. The smallest absolute Gasteiger partial charge is 0.273 e. The topological polar surface area (TPSA) is 45.7 Å². The zero-order valence-electron chi connectivity index (χ0n) is 13.2. The highest BCUT2D eigenvalue weighted by Gasteiger charge is 2.25. The Labute approximate surface area is 136 Å². The predicted octanol–water partition coefficient (Wildman–Crippen LogP) is 2.24. The molecule has 2 aliphatic heterocycles. The average molecular weight is 323 g/mol. The van der Waals surface area contributed by atoms with Crippen molar-refractivity contribution >= 4 is 17.2 Å². The molecule has 2 aliphatic rings. The van der Waals surface area contributed by atoms with Gasteiger partial charge in [0.25, 0.3) is 5.19 Å². The summed E-state index contributed by atoms with van der Waals surface area (Å²) in [5.74, 6) is 1.06. The summed E-state index contributed by atoms with van der Waals surface area (Å²) >= 11 is 1.54. The summed E-state index contributed by atoms with van der Waals surface area (Å²) in [6.07, 6.45) is 6.26. The van der Waals surface area contributed by atoms with Crippen LogP contribution in [0.1, 0.15) is 32.6 Å². The lowest BCUT2D eigenvalue weighted by molar-refractivity contribution is -0.134. The van der Waals surface area contributed by atoms with Crippen molar-refractivity contribution in [1.82, 2.24) is 14.8 Å². The molecule has 0 N–H and O–H groups in total. The van der Waals surface area contributed by atoms with Crippen molar-refractivity contribution in [3.05, 3.63) is 11.6 Å². The third-order valence-electron chi connectivity index (χ3n) is 4.71. The van der Waals surface area contributed by atoms with Crippen LogP contribution in [0, 0.1) is 5.92 Å². The van der Waals surface area contributed by atoms with Gasteiger partial charge in [0.1, 0.15) is 6.10 Å². The molecule has 1 aromatic heterocycles. The van der Waals surface area contributed by atoms with Crippen molar-refractivity contribution in [1.29, 1.82) is 0 Å². The van der Waals surface area contributed by atoms with Gasteiger partial charge >= 0.3 is 0 Å². The molecule has 0 aliphatic carbocycles. The number of piperidine rings is 2. The van der Waals surface area contributed by atoms with Crippen LogP contribution in [0.5, 0.6) is 5.19 Å². The molecule has 122 valence electrons. The van der Waals surface area contributed by atoms with Crippen LogP contribution in [0.3, 0.4) is 0 Å². The number of hydrogen-bond donors (Lipinski definition) is 0. The number of carbonyl (C=O) groups excluding carboxylic acids is 1. The molecule has 2 saturated heterocycles. The van der Waals surface area contributed by atoms with E-state index >= 15 is 0 Å². The van der Waals surface area contributed by atoms with Crippen LogP contribution in [0.15, 0.2) is 11.6 Å². The van der Waals surface area contributed by atoms with Crippen molar-refractivity contribution in [2.24, 2.45) is 5.92 Å². The van der Waals surface area contributed by atoms with Gasteiger partial charge in [0, 0.05) is 37.8 Å². The van der Waals surface area contributed by atoms with Crippen LogP contribution < -0.4 is 4.74 Å². The number of hydrogen-bond acceptors (Lipinski definition) is 5. The van der Waals surface area contributed by atoms with Crippen LogP contribution in [0.25, 0.3) is 0 Å². The lowest BCUT2D eigenvalue weighted by Gasteiger charge is -2.35. The SMILES string of the molecule is CC1CCN(C(=O)CN2CCC(Oc3nccs3)CC2)CC1. The van der Waals surface area contributed by atoms with Gasteiger partial charge in [-0.2, -0.15) is 0 Å². The molecule has 1 aromatic rings. The first-order valence-corrected chi connectivity index (χ1v) is 9.15. The number of amides is 1. The first-order chi connectivity index (χ1) is 10.7. The second-order valence-corrected chi connectivity index (χ2v) is 7.31. The molecule has 0 unspecified atom stereocenters. The molecule has 1 amide bonds. The van der Waals surface area contributed by atoms with E-state index in [1.807, 2.05) is 10.3 Å². The Kier molecular flexibility index (Phi) is 5.31. The molecule has 0 bridgehead atoms. The van der Waals surface area contributed by atoms with E-state index in [0.29, 0.717) is 12.5 Å². The standard InChI is InChI=1S/C16H25N3O2S/c1-13-2-9-19(10-3-13)15(20)12-18-7-4-14(5-8-18)21-16-17-6-11-22-16/h6,11,13-14H,2-5,7-10,12H2,1H3. The second-order valence-electron chi connectivity index (χ2n) is 6.45. The molecule has 0 radical (unpaired) electrons. The minimum Gasteiger partial charge on any atom is -0.467 e. The van der Waals surface area contributed by atoms with Gasteiger partial charge in [-0.25, -0.2) is 4.98 Å². The number of nitrogens with zero attached hydrogens (tertiary/aromatic N) is 3. The molecule has 5 nitrogen and oxygen atoms in total. The molecule has 3 rings (SSSR count). The number of carbonyl (C=O) groups is 1. The molecule has 6 heteroatoms. The Morgan fingerprint density at radius 1 is 1.27 bits per heavy atom. The average Bonchev–Trinajstić information content (AvgIpc) is 3.03. The van der Waals surface area contributed by atoms with Gasteiger partial charge in [-0.3, -0.25) is 9.69 Å². The zero-order chi connectivity index (χ0) is 15.4. The fourth-order valence-corrected chi connectivity index (χ4v) is 3.70. The van der Waals surface area contributed by atoms with Gasteiger partial charge in [0.15, 0.2) is 0 Å². The third-order valence-corrected chi connectivity index (χ3v) is 5.37. The second kappa shape index (κ2) is 7.42. The van der Waals surface area contributed by atoms with Gasteiger partial charge in [-0.05, 0) is 31.6 Å². The fraction of sp³-hybridized carbons (Fsp3) is 0.750. The normalized spacial score (nSPS) is 22.0. The van der Waals surface area contributed by atoms with E-state index in [1.165, 1.54) is 11.3 Å². The fourth-order valence-electron chi connectivity index (χ4n) is 3.15. The molecular formula is C16H25N3O2S. The van der Waals surface area contributed by atoms with E-state index in [-0.39, 0.29) is 6.10 Å². The molecule has 0 saturated carbocycles. The van der Waals surface area contributed by atoms with Gasteiger partial charge < -0.3 is 9.64 Å². The summed E-state index contributed by atoms with van der Waals surface area (Å²) in [5, 5.41) is 2.69. The van der Waals surface area contributed by atoms with E-state index < -0.39 is 0 Å². The van der Waals surface area contributed by atoms with Crippen LogP contribution in [0.4, 0.5) is 0 Å². The number of ether oxygens (including phenoxy) is 1. The Bertz CT molecular complexity index is 464. The predicted molar refractivity (Wildman–Crippen MR) is 87.2 cm³/mol. The largest absolute Gasteiger partial charge is 0.467 e. The molecule has 0 aromatic carbocycles. The van der Waals surface area contributed by atoms with Crippen molar-refractivity contribution in [3.8, 4) is 5.19 Å². The van der Waals surface area contributed by atoms with Gasteiger partial charge in [0.05, 0.1) is 6.54 Å². The monoisotopic (exact) mass is 323 g/mol. The van der Waals surface area contributed by atoms with E-state index in [0.717, 1.165) is 63.0 Å². The lowest BCUT2D eigenvalue weighted by atomic mass is 9.99. The summed E-state index contributed by atoms with van der Waals surface area (Å²) < 4.78 is 5.86. The number of thiazole rings is 1. The highest BCUT2D eigenvalue weighted by atomic mass is 32.1. The maximum absolute atomic E-state index is 12.4. The third kappa shape index (κ3) is 4.20. The molecule has 2 fully saturated rings. The van der Waals surface area contributed by atoms with Gasteiger partial charge in [-0.1, -0.05) is 18.3 Å². The lowest BCUT2D eigenvalue weighted by Crippen LogP contribution is -2.47. The Balaban J connectivity index is 1.39. The van der Waals surface area contributed by atoms with Gasteiger partial charge in [-0.15, -0.1) is 0 Å². The summed E-state index contributed by atoms with van der Waals surface area (Å²) in [6.45, 7) is 6.58. The van der Waals surface area contributed by atoms with Crippen molar-refractivity contribution < 1.29 is 9.53 Å². The van der Waals surface area contributed by atoms with Crippen LogP contribution >= 0.6 is 11.3 Å². The van der Waals surface area contributed by atoms with Crippen LogP contribution in [-0.4, -0.2) is 59.5 Å². The number of rotatable bonds is 4. The molecular weight excluding hydrogens is 298 g/mol. The summed E-state index contributed by atoms with van der Waals surface area (Å²) in [7, 11) is 0. The molecule has 0 spiro atoms. The summed E-state index contributed by atoms with van der Waals surface area (Å²) in [6, 6.07) is 0. The Hall–Kier alpha value is -1.14. The molecule has 3 heterocycles. The number of likely N-dealkylation sites (tertiary alicyclic amines) is 2. The Morgan fingerprint density at radius 2 is 2.00 bits per heavy atom.